The summed E-state index contributed by atoms with van der Waals surface area (Å²) in [7, 11) is 0. The summed E-state index contributed by atoms with van der Waals surface area (Å²) in [6, 6.07) is 74.3. The minimum atomic E-state index is -0.0151. The van der Waals surface area contributed by atoms with Crippen LogP contribution in [0.4, 0.5) is 0 Å². The Morgan fingerprint density at radius 2 is 0.267 bits per heavy atom. The summed E-state index contributed by atoms with van der Waals surface area (Å²) in [6.07, 6.45) is 53.1. The lowest BCUT2D eigenvalue weighted by Gasteiger charge is -2.21. The average molecular weight is 2050 g/mol. The zero-order valence-electron chi connectivity index (χ0n) is 92.6. The first-order valence-electron chi connectivity index (χ1n) is 58.9. The molecule has 0 aliphatic carbocycles. The normalized spacial score (nSPS) is 12.6. The molecule has 816 valence electrons. The van der Waals surface area contributed by atoms with E-state index in [1.165, 1.54) is 0 Å². The summed E-state index contributed by atoms with van der Waals surface area (Å²) in [5.74, 6) is 4.97. The number of carbonyl (C=O) groups excluding carboxylic acids is 6. The molecule has 18 nitrogen and oxygen atoms in total. The largest absolute Gasteiger partial charge is 0.490 e. The van der Waals surface area contributed by atoms with Crippen molar-refractivity contribution >= 4 is 67.8 Å². The van der Waals surface area contributed by atoms with Crippen LogP contribution in [0.15, 0.2) is 218 Å². The van der Waals surface area contributed by atoms with Gasteiger partial charge in [0.1, 0.15) is 0 Å². The molecule has 0 bridgehead atoms. The van der Waals surface area contributed by atoms with E-state index in [0.717, 1.165) is 374 Å². The van der Waals surface area contributed by atoms with Crippen LogP contribution in [-0.4, -0.2) is 75.1 Å². The van der Waals surface area contributed by atoms with Gasteiger partial charge in [-0.2, -0.15) is 0 Å². The molecule has 18 heteroatoms. The van der Waals surface area contributed by atoms with Gasteiger partial charge in [-0.05, 0) is 221 Å². The summed E-state index contributed by atoms with van der Waals surface area (Å²) in [4.78, 5) is 77.6. The molecular weight excluding hydrogens is 1860 g/mol. The summed E-state index contributed by atoms with van der Waals surface area (Å²) in [5, 5.41) is 25.2. The SMILES string of the molecule is C[C@H](NC(=O)CCCCCCCCCCOc1cc2c3cc(OCCCCCCCCCCC(=O)N[C@@H](C)c4ccccc4)c(OCCCCCCCCCCC(=O)N[C@@H](C)c4ccccc4)cc3c3cc(OCCCCCCCCCCC(=O)N[C@@H](C)c4ccccc4)c(OCCCCCCCCCCC(=O)N[C@@H](C)c4ccccc4)cc3c2cc1OCCCCCCCCCCC(=O)N[C@@H](C)c1ccccc1)c1ccccc1. The lowest BCUT2D eigenvalue weighted by Crippen LogP contribution is -2.26. The third kappa shape index (κ3) is 48.1. The molecule has 0 saturated heterocycles. The maximum absolute atomic E-state index is 12.9. The predicted octanol–water partition coefficient (Wildman–Crippen LogP) is 33.7. The third-order valence-electron chi connectivity index (χ3n) is 29.5. The molecule has 6 amide bonds. The fourth-order valence-electron chi connectivity index (χ4n) is 20.3. The van der Waals surface area contributed by atoms with E-state index in [1.807, 2.05) is 151 Å². The molecule has 0 fully saturated rings. The fraction of sp³-hybridized carbons (Fsp3) is 0.545. The van der Waals surface area contributed by atoms with Crippen molar-refractivity contribution in [2.75, 3.05) is 39.6 Å². The molecule has 150 heavy (non-hydrogen) atoms. The topological polar surface area (TPSA) is 230 Å². The first-order chi connectivity index (χ1) is 73.5. The Balaban J connectivity index is 0.877. The van der Waals surface area contributed by atoms with Gasteiger partial charge in [0.25, 0.3) is 0 Å². The molecule has 0 heterocycles. The van der Waals surface area contributed by atoms with E-state index < -0.39 is 0 Å². The van der Waals surface area contributed by atoms with Crippen LogP contribution >= 0.6 is 0 Å². The van der Waals surface area contributed by atoms with Crippen LogP contribution in [0, 0.1) is 0 Å². The average Bonchev–Trinajstić information content (AvgIpc) is 0.723. The van der Waals surface area contributed by atoms with Crippen LogP contribution in [0.5, 0.6) is 34.5 Å². The highest BCUT2D eigenvalue weighted by Gasteiger charge is 2.24. The van der Waals surface area contributed by atoms with Crippen LogP contribution in [0.3, 0.4) is 0 Å². The molecule has 10 rings (SSSR count). The lowest BCUT2D eigenvalue weighted by atomic mass is 9.93. The van der Waals surface area contributed by atoms with Gasteiger partial charge in [-0.1, -0.05) is 413 Å². The van der Waals surface area contributed by atoms with Crippen LogP contribution < -0.4 is 60.3 Å². The van der Waals surface area contributed by atoms with Gasteiger partial charge in [-0.25, -0.2) is 0 Å². The Bertz CT molecular complexity index is 4500. The number of benzene rings is 10. The summed E-state index contributed by atoms with van der Waals surface area (Å²) in [6.45, 7) is 15.5. The third-order valence-corrected chi connectivity index (χ3v) is 29.5. The van der Waals surface area contributed by atoms with Gasteiger partial charge in [-0.3, -0.25) is 28.8 Å². The zero-order valence-corrected chi connectivity index (χ0v) is 92.6. The molecule has 10 aromatic rings. The number of fused-ring (bicyclic) bond motifs is 6. The Kier molecular flexibility index (Phi) is 59.2. The monoisotopic (exact) mass is 2050 g/mol. The van der Waals surface area contributed by atoms with Crippen molar-refractivity contribution in [2.45, 2.75) is 425 Å². The molecule has 0 unspecified atom stereocenters. The maximum Gasteiger partial charge on any atom is 0.220 e. The van der Waals surface area contributed by atoms with E-state index in [-0.39, 0.29) is 71.7 Å². The van der Waals surface area contributed by atoms with Gasteiger partial charge in [0.05, 0.1) is 75.9 Å². The second-order valence-corrected chi connectivity index (χ2v) is 42.3. The Morgan fingerprint density at radius 3 is 0.387 bits per heavy atom. The smallest absolute Gasteiger partial charge is 0.220 e. The molecule has 0 aliphatic rings. The van der Waals surface area contributed by atoms with Crippen molar-refractivity contribution < 1.29 is 57.2 Å². The second kappa shape index (κ2) is 73.7. The second-order valence-electron chi connectivity index (χ2n) is 42.3. The predicted molar refractivity (Wildman–Crippen MR) is 619 cm³/mol. The van der Waals surface area contributed by atoms with Crippen molar-refractivity contribution in [2.24, 2.45) is 0 Å². The molecular formula is C132H186N6O12. The van der Waals surface area contributed by atoms with Gasteiger partial charge < -0.3 is 60.3 Å². The minimum Gasteiger partial charge on any atom is -0.490 e. The van der Waals surface area contributed by atoms with Crippen molar-refractivity contribution in [1.29, 1.82) is 0 Å². The number of unbranched alkanes of at least 4 members (excludes halogenated alkanes) is 42. The molecule has 0 spiro atoms. The van der Waals surface area contributed by atoms with Gasteiger partial charge in [-0.15, -0.1) is 0 Å². The maximum atomic E-state index is 12.9. The molecule has 0 aromatic heterocycles. The lowest BCUT2D eigenvalue weighted by molar-refractivity contribution is -0.122. The van der Waals surface area contributed by atoms with Crippen molar-refractivity contribution in [3.8, 4) is 34.5 Å². The first-order valence-corrected chi connectivity index (χ1v) is 58.9. The molecule has 0 saturated carbocycles. The van der Waals surface area contributed by atoms with Crippen LogP contribution in [0.1, 0.15) is 458 Å². The first kappa shape index (κ1) is 120. The van der Waals surface area contributed by atoms with Gasteiger partial charge in [0.15, 0.2) is 34.5 Å². The number of nitrogens with one attached hydrogen (secondary N) is 6. The molecule has 6 atom stereocenters. The number of rotatable bonds is 84. The zero-order chi connectivity index (χ0) is 106. The van der Waals surface area contributed by atoms with Crippen LogP contribution in [0.25, 0.3) is 32.3 Å². The minimum absolute atomic E-state index is 0.0151. The molecule has 10 aromatic carbocycles. The number of amides is 6. The number of hydrogen-bond acceptors (Lipinski definition) is 12. The van der Waals surface area contributed by atoms with Gasteiger partial charge >= 0.3 is 0 Å². The standard InChI is InChI=1S/C132H186N6O12/c1-103(109-73-49-43-50-74-109)133-127(139)85-61-31-19-7-13-25-37-67-91-145-121-97-115-116(98-122(121)146-92-68-38-26-14-8-20-32-62-86-128(140)134-104(2)110-75-51-44-52-76-110)118-100-124(148-94-70-40-28-16-10-22-34-64-88-130(142)136-106(4)112-79-55-46-56-80-112)126(150-96-72-42-30-18-12-24-36-66-90-132(144)138-108(6)114-83-59-48-60-84-114)102-120(118)119-101-125(149-95-71-41-29-17-11-23-35-65-89-131(143)137-107(5)113-81-57-47-58-82-113)123(99-117(115)119)147-93-69-39-27-15-9-21-33-63-87-129(141)135-105(3)111-77-53-45-54-78-111/h43-60,73-84,97-108H,7-42,61-72,85-96H2,1-6H3,(H,133,139)(H,134,140)(H,135,141)(H,136,142)(H,137,143)(H,138,144)/t103-,104-,105-,106-,107-,108-/m0/s1. The van der Waals surface area contributed by atoms with Crippen LogP contribution in [0.2, 0.25) is 0 Å². The van der Waals surface area contributed by atoms with Crippen molar-refractivity contribution in [3.05, 3.63) is 252 Å². The highest BCUT2D eigenvalue weighted by molar-refractivity contribution is 6.27. The highest BCUT2D eigenvalue weighted by Crippen LogP contribution is 2.48. The Labute approximate surface area is 901 Å². The quantitative estimate of drug-likeness (QED) is 0.0154. The Hall–Kier alpha value is -11.4. The van der Waals surface area contributed by atoms with Crippen molar-refractivity contribution in [3.63, 3.8) is 0 Å². The van der Waals surface area contributed by atoms with Gasteiger partial charge in [0, 0.05) is 38.5 Å². The van der Waals surface area contributed by atoms with Gasteiger partial charge in [0.2, 0.25) is 35.4 Å². The van der Waals surface area contributed by atoms with Crippen molar-refractivity contribution in [1.82, 2.24) is 31.9 Å². The van der Waals surface area contributed by atoms with E-state index in [4.69, 9.17) is 28.4 Å². The molecule has 0 aliphatic heterocycles. The van der Waals surface area contributed by atoms with E-state index >= 15 is 0 Å². The molecule has 6 N–H and O–H groups in total. The summed E-state index contributed by atoms with van der Waals surface area (Å²) < 4.78 is 42.6. The van der Waals surface area contributed by atoms with E-state index in [9.17, 15) is 28.8 Å². The number of carbonyl (C=O) groups is 6. The van der Waals surface area contributed by atoms with Crippen LogP contribution in [-0.2, 0) is 28.8 Å². The van der Waals surface area contributed by atoms with E-state index in [0.29, 0.717) is 113 Å². The highest BCUT2D eigenvalue weighted by atomic mass is 16.5. The van der Waals surface area contributed by atoms with E-state index in [2.05, 4.69) is 141 Å². The van der Waals surface area contributed by atoms with E-state index in [1.54, 1.807) is 0 Å². The summed E-state index contributed by atoms with van der Waals surface area (Å²) in [5.41, 5.74) is 6.70. The molecule has 0 radical (unpaired) electrons. The fourth-order valence-corrected chi connectivity index (χ4v) is 20.3. The number of ether oxygens (including phenoxy) is 6. The number of hydrogen-bond donors (Lipinski definition) is 6. The Morgan fingerprint density at radius 1 is 0.160 bits per heavy atom. The summed E-state index contributed by atoms with van der Waals surface area (Å²) >= 11 is 0.